The highest BCUT2D eigenvalue weighted by Gasteiger charge is 2.37. The van der Waals surface area contributed by atoms with E-state index in [0.717, 1.165) is 125 Å². The average Bonchev–Trinajstić information content (AvgIpc) is 1.55. The summed E-state index contributed by atoms with van der Waals surface area (Å²) < 4.78 is 2.82. The van der Waals surface area contributed by atoms with Crippen molar-refractivity contribution < 1.29 is 9.59 Å². The largest absolute Gasteiger partial charge is 0.289 e. The van der Waals surface area contributed by atoms with E-state index < -0.39 is 0 Å². The number of hydrogen-bond donors (Lipinski definition) is 0. The number of thiophene rings is 10. The molecule has 15 rings (SSSR count). The van der Waals surface area contributed by atoms with E-state index >= 15 is 0 Å². The molecule has 2 atom stereocenters. The van der Waals surface area contributed by atoms with Gasteiger partial charge in [-0.2, -0.15) is 0 Å². The lowest BCUT2D eigenvalue weighted by atomic mass is 9.92. The third kappa shape index (κ3) is 26.8. The van der Waals surface area contributed by atoms with Crippen molar-refractivity contribution in [3.05, 3.63) is 242 Å². The van der Waals surface area contributed by atoms with Crippen LogP contribution in [0.25, 0.3) is 133 Å². The third-order valence-corrected chi connectivity index (χ3v) is 42.1. The Balaban J connectivity index is 0.940. The van der Waals surface area contributed by atoms with Crippen molar-refractivity contribution in [3.63, 3.8) is 0 Å². The first-order valence-corrected chi connectivity index (χ1v) is 63.6. The molecular formula is C128H150N4O2S10. The number of allylic oxidation sites excluding steroid dienone is 6. The van der Waals surface area contributed by atoms with Crippen LogP contribution in [0.3, 0.4) is 0 Å². The Morgan fingerprint density at radius 1 is 0.299 bits per heavy atom. The fourth-order valence-corrected chi connectivity index (χ4v) is 34.6. The van der Waals surface area contributed by atoms with Gasteiger partial charge in [-0.15, -0.1) is 113 Å². The minimum Gasteiger partial charge on any atom is -0.289 e. The van der Waals surface area contributed by atoms with Gasteiger partial charge in [0, 0.05) is 153 Å². The summed E-state index contributed by atoms with van der Waals surface area (Å²) in [4.78, 5) is 60.7. The molecule has 0 fully saturated rings. The van der Waals surface area contributed by atoms with E-state index in [1.165, 1.54) is 335 Å². The van der Waals surface area contributed by atoms with Crippen molar-refractivity contribution in [3.8, 4) is 91.5 Å². The first-order valence-electron chi connectivity index (χ1n) is 55.4. The number of nitrogens with zero attached hydrogens (tertiary/aromatic N) is 4. The van der Waals surface area contributed by atoms with Crippen LogP contribution in [0.2, 0.25) is 0 Å². The number of Topliss-reactive ketones (excluding diaryl/α,β-unsaturated/α-hetero) is 2. The molecule has 0 spiro atoms. The van der Waals surface area contributed by atoms with E-state index in [9.17, 15) is 20.1 Å². The van der Waals surface area contributed by atoms with Gasteiger partial charge in [0.05, 0.1) is 25.3 Å². The molecule has 13 aromatic rings. The molecule has 10 aromatic heterocycles. The lowest BCUT2D eigenvalue weighted by molar-refractivity contribution is 0.103. The Kier molecular flexibility index (Phi) is 42.3. The van der Waals surface area contributed by atoms with Gasteiger partial charge in [0.25, 0.3) is 11.4 Å². The molecule has 0 amide bonds. The van der Waals surface area contributed by atoms with Crippen molar-refractivity contribution in [1.82, 2.24) is 0 Å². The lowest BCUT2D eigenvalue weighted by Crippen LogP contribution is -2.04. The van der Waals surface area contributed by atoms with E-state index in [1.54, 1.807) is 22.7 Å². The summed E-state index contributed by atoms with van der Waals surface area (Å²) in [7, 11) is 0. The summed E-state index contributed by atoms with van der Waals surface area (Å²) >= 11 is 20.0. The fourth-order valence-electron chi connectivity index (χ4n) is 21.7. The van der Waals surface area contributed by atoms with Gasteiger partial charge in [-0.25, -0.2) is 20.2 Å². The second kappa shape index (κ2) is 55.6. The molecule has 0 saturated heterocycles. The molecule has 10 heterocycles. The van der Waals surface area contributed by atoms with Gasteiger partial charge in [0.2, 0.25) is 0 Å². The number of aryl methyl sites for hydroxylation is 6. The fraction of sp³-hybridized carbons (Fsp3) is 0.469. The average molecular weight is 2100 g/mol. The minimum atomic E-state index is -0.131. The number of hydrogen-bond acceptors (Lipinski definition) is 14. The molecule has 754 valence electrons. The number of fused-ring (bicyclic) bond motifs is 4. The molecule has 144 heavy (non-hydrogen) atoms. The van der Waals surface area contributed by atoms with Gasteiger partial charge < -0.3 is 0 Å². The maximum Gasteiger partial charge on any atom is 0.270 e. The van der Waals surface area contributed by atoms with Gasteiger partial charge in [0.1, 0.15) is 0 Å². The van der Waals surface area contributed by atoms with E-state index in [-0.39, 0.29) is 23.0 Å². The molecule has 3 aromatic carbocycles. The number of carbonyl (C=O) groups is 2. The lowest BCUT2D eigenvalue weighted by Gasteiger charge is -2.16. The summed E-state index contributed by atoms with van der Waals surface area (Å²) in [5.74, 6) is 1.05. The summed E-state index contributed by atoms with van der Waals surface area (Å²) in [6.07, 6.45) is 60.6. The van der Waals surface area contributed by atoms with Crippen molar-refractivity contribution in [2.45, 2.75) is 377 Å². The Hall–Kier alpha value is -8.56. The van der Waals surface area contributed by atoms with E-state index in [4.69, 9.17) is 13.1 Å². The van der Waals surface area contributed by atoms with Crippen LogP contribution in [0.1, 0.15) is 411 Å². The van der Waals surface area contributed by atoms with Crippen molar-refractivity contribution in [1.29, 1.82) is 10.5 Å². The second-order valence-corrected chi connectivity index (χ2v) is 51.4. The van der Waals surface area contributed by atoms with E-state index in [1.807, 2.05) is 83.4 Å². The number of ketones is 2. The van der Waals surface area contributed by atoms with Crippen LogP contribution in [0.15, 0.2) is 144 Å². The van der Waals surface area contributed by atoms with Crippen LogP contribution in [0, 0.1) is 47.6 Å². The first kappa shape index (κ1) is 110. The summed E-state index contributed by atoms with van der Waals surface area (Å²) in [6.45, 7) is 39.7. The number of unbranched alkanes of at least 4 members (excludes halogenated alkanes) is 26. The Morgan fingerprint density at radius 3 is 0.861 bits per heavy atom. The maximum atomic E-state index is 14.6. The molecule has 2 aliphatic rings. The second-order valence-electron chi connectivity index (χ2n) is 40.6. The highest BCUT2D eigenvalue weighted by Crippen LogP contribution is 2.59. The standard InChI is InChI=1S/C128H150N4O2S10/c1-13-23-33-41-55-85(53-31-21-9)71-93-67-69-107(135-93)117-103-81-113(125-91(61-47-39-29-19-7)77-111(141-125)123-89(59-45-37-27-17-5)75-109(139-123)121-87(57-43-35-25-15-3)73-95(137-121)79-101-115(105(83-129)131-11)97-63-49-51-65-99(97)119(101)133)144-128(103)118(108-70-68-94(136-108)72-86(54-32-22-10)56-42-34-24-14-2)104-82-114(143-127(104)117)126-92(62-48-40-30-20-8)78-112(142-126)124-90(60-46-38-28-18-6)76-110(140-124)122-88(58-44-36-26-16-4)74-96(138-122)80-102-116(106(84-130)132-12)98-64-50-52-66-100(98)120(102)134/h49-52,63-70,73-82,85-86H,13-48,53-62,71-72H2,1-10H3/b101-79-,102-80-,115-105-,116-106+. The summed E-state index contributed by atoms with van der Waals surface area (Å²) in [5.41, 5.74) is 15.4. The quantitative estimate of drug-likeness (QED) is 0.0164. The maximum absolute atomic E-state index is 14.6. The first-order chi connectivity index (χ1) is 70.7. The van der Waals surface area contributed by atoms with Crippen LogP contribution in [0.4, 0.5) is 0 Å². The highest BCUT2D eigenvalue weighted by molar-refractivity contribution is 7.32. The molecule has 0 radical (unpaired) electrons. The van der Waals surface area contributed by atoms with Crippen molar-refractivity contribution >= 4 is 168 Å². The third-order valence-electron chi connectivity index (χ3n) is 29.5. The Morgan fingerprint density at radius 2 is 0.569 bits per heavy atom. The van der Waals surface area contributed by atoms with E-state index in [0.29, 0.717) is 56.4 Å². The van der Waals surface area contributed by atoms with Gasteiger partial charge in [-0.05, 0) is 231 Å². The molecule has 2 aliphatic carbocycles. The molecule has 0 saturated carbocycles. The number of nitriles is 2. The predicted octanol–water partition coefficient (Wildman–Crippen LogP) is 44.2. The van der Waals surface area contributed by atoms with Crippen LogP contribution >= 0.6 is 113 Å². The molecule has 0 N–H and O–H groups in total. The minimum absolute atomic E-state index is 0.0461. The highest BCUT2D eigenvalue weighted by atomic mass is 32.1. The Bertz CT molecular complexity index is 6330. The number of rotatable bonds is 60. The smallest absolute Gasteiger partial charge is 0.270 e. The van der Waals surface area contributed by atoms with Crippen LogP contribution in [0.5, 0.6) is 0 Å². The summed E-state index contributed by atoms with van der Waals surface area (Å²) in [6, 6.07) is 50.1. The predicted molar refractivity (Wildman–Crippen MR) is 638 cm³/mol. The number of carbonyl (C=O) groups excluding carboxylic acids is 2. The van der Waals surface area contributed by atoms with Gasteiger partial charge >= 0.3 is 0 Å². The summed E-state index contributed by atoms with van der Waals surface area (Å²) in [5, 5.41) is 23.7. The zero-order chi connectivity index (χ0) is 101. The van der Waals surface area contributed by atoms with Crippen molar-refractivity contribution in [2.24, 2.45) is 11.8 Å². The Labute approximate surface area is 902 Å². The SMILES string of the molecule is [C-]#[N+]/C(C#N)=C1\C(=C\c2cc(CCCCCC)c(-c3cc(CCCCCC)c(-c4cc(CCCCCC)c(-c5cc6c(-c7ccc(CC(CCCC)CCCCCC)s7)c7sc(-c8sc(-c9sc(-c%10sc(/C=C%11\C(=O)c%12ccccc%12\C%11=C(\C#N)[N+]#[C-])cc%10CCCCCC)cc9CCCCCC)cc8CCCCCC)cc7c(-c7ccc(CC(CCCC)CCCCCC)s7)c6s5)s4)s3)s2)C(=O)c2ccccc21. The molecule has 2 unspecified atom stereocenters. The topological polar surface area (TPSA) is 90.4 Å². The van der Waals surface area contributed by atoms with Crippen molar-refractivity contribution in [2.75, 3.05) is 0 Å². The zero-order valence-electron chi connectivity index (χ0n) is 87.5. The van der Waals surface area contributed by atoms with Crippen LogP contribution in [-0.2, 0) is 51.4 Å². The van der Waals surface area contributed by atoms with Crippen LogP contribution < -0.4 is 0 Å². The van der Waals surface area contributed by atoms with E-state index in [2.05, 4.69) is 232 Å². The monoisotopic (exact) mass is 2090 g/mol. The molecule has 0 bridgehead atoms. The van der Waals surface area contributed by atoms with Crippen LogP contribution in [-0.4, -0.2) is 11.6 Å². The molecule has 16 heteroatoms. The normalized spacial score (nSPS) is 14.3. The molecule has 6 nitrogen and oxygen atoms in total. The number of benzene rings is 3. The molecular weight excluding hydrogens is 1950 g/mol. The van der Waals surface area contributed by atoms with Gasteiger partial charge in [-0.1, -0.05) is 336 Å². The zero-order valence-corrected chi connectivity index (χ0v) is 95.7. The van der Waals surface area contributed by atoms with Gasteiger partial charge in [0.15, 0.2) is 11.6 Å². The van der Waals surface area contributed by atoms with Gasteiger partial charge in [-0.3, -0.25) is 9.59 Å². The molecule has 0 aliphatic heterocycles.